The van der Waals surface area contributed by atoms with E-state index in [-0.39, 0.29) is 0 Å². The first kappa shape index (κ1) is 16.2. The van der Waals surface area contributed by atoms with Crippen molar-refractivity contribution >= 4 is 28.5 Å². The zero-order valence-corrected chi connectivity index (χ0v) is 15.0. The second-order valence-corrected chi connectivity index (χ2v) is 5.99. The predicted octanol–water partition coefficient (Wildman–Crippen LogP) is 3.57. The Balaban J connectivity index is 2.13. The minimum absolute atomic E-state index is 0.726. The Morgan fingerprint density at radius 1 is 1.12 bits per heavy atom. The van der Waals surface area contributed by atoms with Crippen LogP contribution in [0.1, 0.15) is 25.0 Å². The number of anilines is 3. The zero-order chi connectivity index (χ0) is 17.3. The van der Waals surface area contributed by atoms with E-state index in [9.17, 15) is 0 Å². The number of aromatic nitrogens is 4. The summed E-state index contributed by atoms with van der Waals surface area (Å²) in [6, 6.07) is 6.36. The molecule has 0 radical (unpaired) electrons. The molecule has 126 valence electrons. The summed E-state index contributed by atoms with van der Waals surface area (Å²) >= 11 is 0. The third kappa shape index (κ3) is 2.91. The molecule has 0 fully saturated rings. The molecule has 1 aromatic carbocycles. The third-order valence-corrected chi connectivity index (χ3v) is 4.27. The number of rotatable bonds is 5. The highest BCUT2D eigenvalue weighted by Crippen LogP contribution is 2.28. The number of fused-ring (bicyclic) bond motifs is 1. The molecule has 2 aromatic heterocycles. The summed E-state index contributed by atoms with van der Waals surface area (Å²) in [7, 11) is 1.91. The molecule has 2 heterocycles. The van der Waals surface area contributed by atoms with Gasteiger partial charge in [-0.15, -0.1) is 0 Å². The van der Waals surface area contributed by atoms with Gasteiger partial charge in [-0.3, -0.25) is 4.68 Å². The largest absolute Gasteiger partial charge is 0.341 e. The molecule has 0 aliphatic rings. The van der Waals surface area contributed by atoms with E-state index in [0.717, 1.165) is 41.6 Å². The molecule has 0 spiro atoms. The van der Waals surface area contributed by atoms with Crippen LogP contribution >= 0.6 is 0 Å². The highest BCUT2D eigenvalue weighted by atomic mass is 15.3. The Morgan fingerprint density at radius 3 is 2.58 bits per heavy atom. The molecule has 0 amide bonds. The van der Waals surface area contributed by atoms with Gasteiger partial charge in [-0.05, 0) is 44.9 Å². The molecule has 1 N–H and O–H groups in total. The van der Waals surface area contributed by atoms with Crippen LogP contribution in [0.2, 0.25) is 0 Å². The van der Waals surface area contributed by atoms with Crippen LogP contribution in [-0.2, 0) is 7.05 Å². The van der Waals surface area contributed by atoms with Crippen molar-refractivity contribution in [2.24, 2.45) is 7.05 Å². The van der Waals surface area contributed by atoms with Gasteiger partial charge in [0.15, 0.2) is 5.65 Å². The second kappa shape index (κ2) is 6.47. The molecule has 24 heavy (non-hydrogen) atoms. The van der Waals surface area contributed by atoms with Gasteiger partial charge >= 0.3 is 0 Å². The minimum atomic E-state index is 0.726. The van der Waals surface area contributed by atoms with E-state index in [4.69, 9.17) is 9.97 Å². The third-order valence-electron chi connectivity index (χ3n) is 4.27. The summed E-state index contributed by atoms with van der Waals surface area (Å²) < 4.78 is 1.79. The van der Waals surface area contributed by atoms with Crippen molar-refractivity contribution in [2.75, 3.05) is 23.3 Å². The zero-order valence-electron chi connectivity index (χ0n) is 15.0. The van der Waals surface area contributed by atoms with E-state index in [0.29, 0.717) is 0 Å². The molecule has 0 unspecified atom stereocenters. The maximum Gasteiger partial charge on any atom is 0.229 e. The fourth-order valence-corrected chi connectivity index (χ4v) is 2.75. The smallest absolute Gasteiger partial charge is 0.229 e. The van der Waals surface area contributed by atoms with E-state index in [2.05, 4.69) is 61.2 Å². The Morgan fingerprint density at radius 2 is 1.88 bits per heavy atom. The fraction of sp³-hybridized carbons (Fsp3) is 0.389. The Hall–Kier alpha value is -2.63. The second-order valence-electron chi connectivity index (χ2n) is 5.99. The summed E-state index contributed by atoms with van der Waals surface area (Å²) in [5.74, 6) is 1.52. The van der Waals surface area contributed by atoms with Gasteiger partial charge in [0.2, 0.25) is 5.95 Å². The van der Waals surface area contributed by atoms with Gasteiger partial charge in [0.1, 0.15) is 5.82 Å². The molecule has 3 rings (SSSR count). The topological polar surface area (TPSA) is 58.9 Å². The monoisotopic (exact) mass is 324 g/mol. The molecule has 0 aliphatic carbocycles. The Labute approximate surface area is 142 Å². The van der Waals surface area contributed by atoms with E-state index in [1.807, 2.05) is 13.2 Å². The van der Waals surface area contributed by atoms with Crippen LogP contribution in [0.25, 0.3) is 11.0 Å². The Bertz CT molecular complexity index is 863. The lowest BCUT2D eigenvalue weighted by Crippen LogP contribution is -2.24. The molecule has 0 saturated heterocycles. The van der Waals surface area contributed by atoms with Crippen molar-refractivity contribution in [3.8, 4) is 0 Å². The van der Waals surface area contributed by atoms with Crippen molar-refractivity contribution in [3.05, 3.63) is 35.5 Å². The summed E-state index contributed by atoms with van der Waals surface area (Å²) in [5, 5.41) is 8.75. The van der Waals surface area contributed by atoms with Gasteiger partial charge < -0.3 is 10.2 Å². The summed E-state index contributed by atoms with van der Waals surface area (Å²) in [6.07, 6.45) is 1.81. The maximum absolute atomic E-state index is 4.77. The molecular weight excluding hydrogens is 300 g/mol. The van der Waals surface area contributed by atoms with Crippen LogP contribution in [0.3, 0.4) is 0 Å². The normalized spacial score (nSPS) is 11.0. The number of hydrogen-bond acceptors (Lipinski definition) is 5. The van der Waals surface area contributed by atoms with Crippen LogP contribution < -0.4 is 10.2 Å². The standard InChI is InChI=1S/C18H24N6/c1-6-24(7-2)18-21-16(14-11-19-23(5)17(14)22-18)20-15-10-12(3)8-9-13(15)4/h8-11H,6-7H2,1-5H3,(H,20,21,22). The molecule has 6 heteroatoms. The molecule has 0 bridgehead atoms. The van der Waals surface area contributed by atoms with Crippen molar-refractivity contribution in [1.29, 1.82) is 0 Å². The SMILES string of the molecule is CCN(CC)c1nc(Nc2cc(C)ccc2C)c2cnn(C)c2n1. The molecule has 3 aromatic rings. The first-order chi connectivity index (χ1) is 11.5. The van der Waals surface area contributed by atoms with Crippen LogP contribution in [0.15, 0.2) is 24.4 Å². The van der Waals surface area contributed by atoms with Gasteiger partial charge in [-0.25, -0.2) is 0 Å². The first-order valence-corrected chi connectivity index (χ1v) is 8.32. The lowest BCUT2D eigenvalue weighted by Gasteiger charge is -2.20. The summed E-state index contributed by atoms with van der Waals surface area (Å²) in [6.45, 7) is 10.1. The van der Waals surface area contributed by atoms with E-state index in [1.165, 1.54) is 11.1 Å². The summed E-state index contributed by atoms with van der Waals surface area (Å²) in [4.78, 5) is 11.6. The van der Waals surface area contributed by atoms with Crippen molar-refractivity contribution in [2.45, 2.75) is 27.7 Å². The van der Waals surface area contributed by atoms with E-state index >= 15 is 0 Å². The Kier molecular flexibility index (Phi) is 4.38. The van der Waals surface area contributed by atoms with Gasteiger partial charge in [-0.1, -0.05) is 12.1 Å². The number of nitrogens with zero attached hydrogens (tertiary/aromatic N) is 5. The first-order valence-electron chi connectivity index (χ1n) is 8.32. The minimum Gasteiger partial charge on any atom is -0.341 e. The van der Waals surface area contributed by atoms with Crippen molar-refractivity contribution in [1.82, 2.24) is 19.7 Å². The van der Waals surface area contributed by atoms with E-state index in [1.54, 1.807) is 4.68 Å². The van der Waals surface area contributed by atoms with E-state index < -0.39 is 0 Å². The molecular formula is C18H24N6. The van der Waals surface area contributed by atoms with Crippen LogP contribution in [0.5, 0.6) is 0 Å². The molecule has 0 atom stereocenters. The van der Waals surface area contributed by atoms with Crippen LogP contribution in [0.4, 0.5) is 17.5 Å². The average molecular weight is 324 g/mol. The van der Waals surface area contributed by atoms with Gasteiger partial charge in [0.25, 0.3) is 0 Å². The van der Waals surface area contributed by atoms with Crippen molar-refractivity contribution in [3.63, 3.8) is 0 Å². The molecule has 0 saturated carbocycles. The number of nitrogens with one attached hydrogen (secondary N) is 1. The highest BCUT2D eigenvalue weighted by Gasteiger charge is 2.15. The summed E-state index contributed by atoms with van der Waals surface area (Å²) in [5.41, 5.74) is 4.29. The number of benzene rings is 1. The van der Waals surface area contributed by atoms with Crippen molar-refractivity contribution < 1.29 is 0 Å². The van der Waals surface area contributed by atoms with Gasteiger partial charge in [0, 0.05) is 25.8 Å². The molecule has 6 nitrogen and oxygen atoms in total. The quantitative estimate of drug-likeness (QED) is 0.777. The number of aryl methyl sites for hydroxylation is 3. The van der Waals surface area contributed by atoms with Crippen LogP contribution in [-0.4, -0.2) is 32.8 Å². The average Bonchev–Trinajstić information content (AvgIpc) is 2.94. The fourth-order valence-electron chi connectivity index (χ4n) is 2.75. The number of hydrogen-bond donors (Lipinski definition) is 1. The van der Waals surface area contributed by atoms with Gasteiger partial charge in [0.05, 0.1) is 11.6 Å². The molecule has 0 aliphatic heterocycles. The maximum atomic E-state index is 4.77. The predicted molar refractivity (Wildman–Crippen MR) is 99.1 cm³/mol. The van der Waals surface area contributed by atoms with Gasteiger partial charge in [-0.2, -0.15) is 15.1 Å². The lowest BCUT2D eigenvalue weighted by molar-refractivity contribution is 0.776. The van der Waals surface area contributed by atoms with Crippen LogP contribution in [0, 0.1) is 13.8 Å². The highest BCUT2D eigenvalue weighted by molar-refractivity contribution is 5.89. The lowest BCUT2D eigenvalue weighted by atomic mass is 10.1.